The largest absolute Gasteiger partial charge is 0.486 e. The number of aliphatic hydroxyl groups excluding tert-OH is 1. The van der Waals surface area contributed by atoms with E-state index in [4.69, 9.17) is 14.2 Å². The second kappa shape index (κ2) is 6.87. The normalized spacial score (nSPS) is 15.4. The van der Waals surface area contributed by atoms with Crippen molar-refractivity contribution in [2.75, 3.05) is 32.2 Å². The van der Waals surface area contributed by atoms with Crippen LogP contribution in [-0.2, 0) is 4.74 Å². The minimum Gasteiger partial charge on any atom is -0.486 e. The van der Waals surface area contributed by atoms with Gasteiger partial charge in [-0.2, -0.15) is 0 Å². The molecule has 0 saturated heterocycles. The summed E-state index contributed by atoms with van der Waals surface area (Å²) >= 11 is 1.59. The molecule has 1 aromatic carbocycles. The molecule has 1 unspecified atom stereocenters. The van der Waals surface area contributed by atoms with Crippen LogP contribution in [0.1, 0.15) is 6.92 Å². The number of aliphatic hydroxyl groups is 1. The maximum atomic E-state index is 9.68. The zero-order valence-corrected chi connectivity index (χ0v) is 11.2. The van der Waals surface area contributed by atoms with E-state index in [2.05, 4.69) is 0 Å². The maximum Gasteiger partial charge on any atom is 0.162 e. The molecule has 1 aliphatic heterocycles. The Labute approximate surface area is 111 Å². The van der Waals surface area contributed by atoms with Crippen LogP contribution in [0.2, 0.25) is 0 Å². The molecule has 2 rings (SSSR count). The molecule has 0 fully saturated rings. The quantitative estimate of drug-likeness (QED) is 0.801. The molecule has 1 aliphatic rings. The number of ether oxygens (including phenoxy) is 3. The fraction of sp³-hybridized carbons (Fsp3) is 0.538. The van der Waals surface area contributed by atoms with Gasteiger partial charge in [-0.25, -0.2) is 0 Å². The number of fused-ring (bicyclic) bond motifs is 1. The number of hydrogen-bond acceptors (Lipinski definition) is 5. The molecular weight excluding hydrogens is 252 g/mol. The third kappa shape index (κ3) is 3.80. The molecule has 4 nitrogen and oxygen atoms in total. The van der Waals surface area contributed by atoms with Crippen LogP contribution in [-0.4, -0.2) is 43.4 Å². The number of hydrogen-bond donors (Lipinski definition) is 1. The Bertz CT molecular complexity index is 383. The van der Waals surface area contributed by atoms with Crippen LogP contribution < -0.4 is 9.47 Å². The first-order valence-corrected chi connectivity index (χ1v) is 7.06. The summed E-state index contributed by atoms with van der Waals surface area (Å²) < 4.78 is 16.1. The lowest BCUT2D eigenvalue weighted by Gasteiger charge is -2.19. The van der Waals surface area contributed by atoms with Gasteiger partial charge in [0.15, 0.2) is 11.5 Å². The minimum absolute atomic E-state index is 0.383. The van der Waals surface area contributed by atoms with Crippen LogP contribution in [0.15, 0.2) is 23.1 Å². The van der Waals surface area contributed by atoms with Gasteiger partial charge in [-0.05, 0) is 25.1 Å². The molecule has 5 heteroatoms. The minimum atomic E-state index is -0.442. The van der Waals surface area contributed by atoms with E-state index in [-0.39, 0.29) is 0 Å². The van der Waals surface area contributed by atoms with E-state index in [1.807, 2.05) is 25.1 Å². The standard InChI is InChI=1S/C13H18O4S/c1-2-15-8-10(14)9-18-11-3-4-12-13(7-11)17-6-5-16-12/h3-4,7,10,14H,2,5-6,8-9H2,1H3. The van der Waals surface area contributed by atoms with Gasteiger partial charge < -0.3 is 19.3 Å². The second-order valence-corrected chi connectivity index (χ2v) is 5.02. The SMILES string of the molecule is CCOCC(O)CSc1ccc2c(c1)OCCO2. The highest BCUT2D eigenvalue weighted by molar-refractivity contribution is 7.99. The van der Waals surface area contributed by atoms with Crippen LogP contribution >= 0.6 is 11.8 Å². The number of rotatable bonds is 6. The maximum absolute atomic E-state index is 9.68. The van der Waals surface area contributed by atoms with Gasteiger partial charge in [-0.3, -0.25) is 0 Å². The smallest absolute Gasteiger partial charge is 0.162 e. The summed E-state index contributed by atoms with van der Waals surface area (Å²) in [5, 5.41) is 9.68. The lowest BCUT2D eigenvalue weighted by Crippen LogP contribution is -2.18. The molecule has 0 bridgehead atoms. The van der Waals surface area contributed by atoms with Gasteiger partial charge in [-0.1, -0.05) is 0 Å². The van der Waals surface area contributed by atoms with E-state index < -0.39 is 6.10 Å². The van der Waals surface area contributed by atoms with Crippen molar-refractivity contribution in [1.29, 1.82) is 0 Å². The summed E-state index contributed by atoms with van der Waals surface area (Å²) in [4.78, 5) is 1.06. The molecule has 0 amide bonds. The van der Waals surface area contributed by atoms with Crippen molar-refractivity contribution in [3.63, 3.8) is 0 Å². The van der Waals surface area contributed by atoms with E-state index in [0.717, 1.165) is 16.4 Å². The highest BCUT2D eigenvalue weighted by Crippen LogP contribution is 2.34. The monoisotopic (exact) mass is 270 g/mol. The molecule has 1 N–H and O–H groups in total. The second-order valence-electron chi connectivity index (χ2n) is 3.93. The Hall–Kier alpha value is -0.910. The van der Waals surface area contributed by atoms with Crippen LogP contribution in [0.5, 0.6) is 11.5 Å². The van der Waals surface area contributed by atoms with Crippen molar-refractivity contribution in [2.24, 2.45) is 0 Å². The molecule has 1 atom stereocenters. The first kappa shape index (κ1) is 13.5. The van der Waals surface area contributed by atoms with E-state index >= 15 is 0 Å². The zero-order valence-electron chi connectivity index (χ0n) is 10.4. The molecule has 0 aliphatic carbocycles. The molecule has 0 radical (unpaired) electrons. The highest BCUT2D eigenvalue weighted by atomic mass is 32.2. The fourth-order valence-electron chi connectivity index (χ4n) is 1.61. The third-order valence-corrected chi connectivity index (χ3v) is 3.61. The van der Waals surface area contributed by atoms with Gasteiger partial charge in [0.05, 0.1) is 12.7 Å². The fourth-order valence-corrected chi connectivity index (χ4v) is 2.44. The van der Waals surface area contributed by atoms with Gasteiger partial charge in [0.25, 0.3) is 0 Å². The zero-order chi connectivity index (χ0) is 12.8. The highest BCUT2D eigenvalue weighted by Gasteiger charge is 2.12. The molecule has 0 aromatic heterocycles. The molecule has 1 heterocycles. The lowest BCUT2D eigenvalue weighted by atomic mass is 10.3. The molecular formula is C13H18O4S. The van der Waals surface area contributed by atoms with E-state index in [1.165, 1.54) is 0 Å². The van der Waals surface area contributed by atoms with Crippen LogP contribution in [0.3, 0.4) is 0 Å². The topological polar surface area (TPSA) is 47.9 Å². The average Bonchev–Trinajstić information content (AvgIpc) is 2.42. The van der Waals surface area contributed by atoms with Crippen molar-refractivity contribution in [3.05, 3.63) is 18.2 Å². The molecule has 0 spiro atoms. The number of benzene rings is 1. The molecule has 100 valence electrons. The van der Waals surface area contributed by atoms with Gasteiger partial charge in [0.1, 0.15) is 13.2 Å². The summed E-state index contributed by atoms with van der Waals surface area (Å²) in [6, 6.07) is 5.84. The van der Waals surface area contributed by atoms with Crippen molar-refractivity contribution < 1.29 is 19.3 Å². The van der Waals surface area contributed by atoms with Gasteiger partial charge >= 0.3 is 0 Å². The van der Waals surface area contributed by atoms with Gasteiger partial charge in [-0.15, -0.1) is 11.8 Å². The molecule has 18 heavy (non-hydrogen) atoms. The Morgan fingerprint density at radius 2 is 2.11 bits per heavy atom. The first-order valence-electron chi connectivity index (χ1n) is 6.08. The van der Waals surface area contributed by atoms with Crippen LogP contribution in [0.25, 0.3) is 0 Å². The summed E-state index contributed by atoms with van der Waals surface area (Å²) in [5.41, 5.74) is 0. The van der Waals surface area contributed by atoms with Crippen molar-refractivity contribution in [3.8, 4) is 11.5 Å². The Balaban J connectivity index is 1.86. The van der Waals surface area contributed by atoms with Gasteiger partial charge in [0, 0.05) is 17.3 Å². The van der Waals surface area contributed by atoms with Crippen molar-refractivity contribution in [1.82, 2.24) is 0 Å². The third-order valence-electron chi connectivity index (χ3n) is 2.47. The summed E-state index contributed by atoms with van der Waals surface area (Å²) in [7, 11) is 0. The van der Waals surface area contributed by atoms with E-state index in [9.17, 15) is 5.11 Å². The number of thioether (sulfide) groups is 1. The Morgan fingerprint density at radius 1 is 1.33 bits per heavy atom. The van der Waals surface area contributed by atoms with Crippen molar-refractivity contribution in [2.45, 2.75) is 17.9 Å². The van der Waals surface area contributed by atoms with Crippen LogP contribution in [0, 0.1) is 0 Å². The summed E-state index contributed by atoms with van der Waals surface area (Å²) in [6.07, 6.45) is -0.442. The van der Waals surface area contributed by atoms with E-state index in [1.54, 1.807) is 11.8 Å². The summed E-state index contributed by atoms with van der Waals surface area (Å²) in [5.74, 6) is 2.19. The molecule has 0 saturated carbocycles. The predicted octanol–water partition coefficient (Wildman–Crippen LogP) is 1.95. The summed E-state index contributed by atoms with van der Waals surface area (Å²) in [6.45, 7) is 4.13. The van der Waals surface area contributed by atoms with Crippen LogP contribution in [0.4, 0.5) is 0 Å². The lowest BCUT2D eigenvalue weighted by molar-refractivity contribution is 0.0551. The first-order chi connectivity index (χ1) is 8.79. The Morgan fingerprint density at radius 3 is 2.89 bits per heavy atom. The van der Waals surface area contributed by atoms with Crippen molar-refractivity contribution >= 4 is 11.8 Å². The van der Waals surface area contributed by atoms with Gasteiger partial charge in [0.2, 0.25) is 0 Å². The predicted molar refractivity (Wildman–Crippen MR) is 70.7 cm³/mol. The van der Waals surface area contributed by atoms with E-state index in [0.29, 0.717) is 32.2 Å². The average molecular weight is 270 g/mol. The Kier molecular flexibility index (Phi) is 5.16. The molecule has 1 aromatic rings.